The number of benzene rings is 2. The zero-order valence-corrected chi connectivity index (χ0v) is 20.3. The van der Waals surface area contributed by atoms with Gasteiger partial charge in [-0.05, 0) is 43.5 Å². The van der Waals surface area contributed by atoms with E-state index in [0.717, 1.165) is 31.4 Å². The average molecular weight is 477 g/mol. The number of methoxy groups -OCH3 is 2. The second kappa shape index (κ2) is 9.60. The number of aliphatic imine (C=N–C) groups is 1. The van der Waals surface area contributed by atoms with Crippen LogP contribution in [0.15, 0.2) is 53.5 Å². The third-order valence-electron chi connectivity index (χ3n) is 7.37. The molecule has 3 fully saturated rings. The molecule has 3 aliphatic rings. The summed E-state index contributed by atoms with van der Waals surface area (Å²) in [5.41, 5.74) is 0.490. The fourth-order valence-corrected chi connectivity index (χ4v) is 5.57. The monoisotopic (exact) mass is 476 g/mol. The maximum Gasteiger partial charge on any atom is 0.328 e. The Balaban J connectivity index is 1.53. The van der Waals surface area contributed by atoms with Gasteiger partial charge in [0.25, 0.3) is 5.91 Å². The van der Waals surface area contributed by atoms with E-state index in [2.05, 4.69) is 5.32 Å². The lowest BCUT2D eigenvalue weighted by Crippen LogP contribution is -2.53. The Morgan fingerprint density at radius 1 is 1.06 bits per heavy atom. The first-order valence-corrected chi connectivity index (χ1v) is 12.3. The summed E-state index contributed by atoms with van der Waals surface area (Å²) in [6.07, 6.45) is 6.18. The molecule has 35 heavy (non-hydrogen) atoms. The van der Waals surface area contributed by atoms with E-state index in [4.69, 9.17) is 14.5 Å². The number of amides is 3. The minimum atomic E-state index is -0.751. The lowest BCUT2D eigenvalue weighted by Gasteiger charge is -2.34. The quantitative estimate of drug-likeness (QED) is 0.699. The van der Waals surface area contributed by atoms with Crippen LogP contribution in [0, 0.1) is 0 Å². The zero-order chi connectivity index (χ0) is 24.4. The second-order valence-corrected chi connectivity index (χ2v) is 9.45. The van der Waals surface area contributed by atoms with Crippen LogP contribution < -0.4 is 19.7 Å². The number of carbonyl (C=O) groups excluding carboxylic acids is 2. The number of anilines is 1. The predicted molar refractivity (Wildman–Crippen MR) is 135 cm³/mol. The molecule has 2 aromatic carbocycles. The summed E-state index contributed by atoms with van der Waals surface area (Å²) in [6.45, 7) is 0.862. The molecule has 0 aromatic heterocycles. The Morgan fingerprint density at radius 3 is 2.63 bits per heavy atom. The number of rotatable bonds is 5. The molecule has 0 bridgehead atoms. The third kappa shape index (κ3) is 4.22. The van der Waals surface area contributed by atoms with Gasteiger partial charge in [-0.15, -0.1) is 0 Å². The van der Waals surface area contributed by atoms with Crippen LogP contribution in [0.4, 0.5) is 10.5 Å². The average Bonchev–Trinajstić information content (AvgIpc) is 3.45. The molecule has 1 aliphatic carbocycles. The van der Waals surface area contributed by atoms with Gasteiger partial charge in [-0.3, -0.25) is 20.0 Å². The van der Waals surface area contributed by atoms with E-state index in [0.29, 0.717) is 42.4 Å². The summed E-state index contributed by atoms with van der Waals surface area (Å²) in [5, 5.41) is 3.08. The van der Waals surface area contributed by atoms with Gasteiger partial charge in [0.1, 0.15) is 22.9 Å². The molecular weight excluding hydrogens is 444 g/mol. The summed E-state index contributed by atoms with van der Waals surface area (Å²) in [7, 11) is 3.18. The Hall–Kier alpha value is -3.55. The summed E-state index contributed by atoms with van der Waals surface area (Å²) >= 11 is 0. The van der Waals surface area contributed by atoms with Gasteiger partial charge < -0.3 is 14.4 Å². The molecular formula is C27H32N4O4. The van der Waals surface area contributed by atoms with Crippen LogP contribution in [0.25, 0.3) is 0 Å². The van der Waals surface area contributed by atoms with Crippen molar-refractivity contribution >= 4 is 23.5 Å². The number of para-hydroxylation sites is 1. The van der Waals surface area contributed by atoms with E-state index in [1.165, 1.54) is 6.42 Å². The summed E-state index contributed by atoms with van der Waals surface area (Å²) in [6, 6.07) is 14.7. The van der Waals surface area contributed by atoms with Gasteiger partial charge in [0, 0.05) is 12.6 Å². The van der Waals surface area contributed by atoms with E-state index in [9.17, 15) is 9.59 Å². The number of hydrogen-bond acceptors (Lipinski definition) is 5. The molecule has 1 saturated carbocycles. The van der Waals surface area contributed by atoms with Crippen molar-refractivity contribution in [1.29, 1.82) is 0 Å². The van der Waals surface area contributed by atoms with E-state index in [-0.39, 0.29) is 18.0 Å². The van der Waals surface area contributed by atoms with Crippen LogP contribution in [0.5, 0.6) is 11.5 Å². The largest absolute Gasteiger partial charge is 0.497 e. The van der Waals surface area contributed by atoms with E-state index in [1.54, 1.807) is 31.3 Å². The first kappa shape index (κ1) is 23.2. The molecule has 1 unspecified atom stereocenters. The highest BCUT2D eigenvalue weighted by atomic mass is 16.5. The summed E-state index contributed by atoms with van der Waals surface area (Å²) < 4.78 is 10.9. The van der Waals surface area contributed by atoms with Crippen LogP contribution in [0.3, 0.4) is 0 Å². The maximum atomic E-state index is 13.6. The lowest BCUT2D eigenvalue weighted by atomic mass is 9.93. The van der Waals surface area contributed by atoms with Crippen molar-refractivity contribution in [2.45, 2.75) is 50.1 Å². The van der Waals surface area contributed by atoms with Crippen LogP contribution in [0.1, 0.15) is 48.9 Å². The van der Waals surface area contributed by atoms with E-state index < -0.39 is 5.54 Å². The molecule has 8 heteroatoms. The van der Waals surface area contributed by atoms with Crippen molar-refractivity contribution in [3.63, 3.8) is 0 Å². The van der Waals surface area contributed by atoms with Gasteiger partial charge in [-0.2, -0.15) is 0 Å². The Morgan fingerprint density at radius 2 is 1.86 bits per heavy atom. The van der Waals surface area contributed by atoms with Gasteiger partial charge in [0.15, 0.2) is 0 Å². The lowest BCUT2D eigenvalue weighted by molar-refractivity contribution is 0.0785. The molecule has 1 atom stereocenters. The molecule has 2 saturated heterocycles. The number of nitrogens with zero attached hydrogens (tertiary/aromatic N) is 3. The molecule has 2 aliphatic heterocycles. The number of likely N-dealkylation sites (tertiary alicyclic amines) is 1. The van der Waals surface area contributed by atoms with Gasteiger partial charge in [-0.25, -0.2) is 4.79 Å². The smallest absolute Gasteiger partial charge is 0.328 e. The normalized spacial score (nSPS) is 23.7. The standard InChI is InChI=1S/C27H32N4O4/c1-34-21-12-8-11-20(17-21)31-26(33)29-25(28-19-9-4-3-5-10-19)27(31)15-16-30(18-27)24(32)22-13-6-7-14-23(22)35-2/h6-8,11-14,17,19H,3-5,9-10,15-16,18H2,1-2H3,(H,28,29,33). The first-order valence-electron chi connectivity index (χ1n) is 12.3. The fourth-order valence-electron chi connectivity index (χ4n) is 5.57. The first-order chi connectivity index (χ1) is 17.1. The third-order valence-corrected chi connectivity index (χ3v) is 7.37. The molecule has 1 spiro atoms. The van der Waals surface area contributed by atoms with E-state index in [1.807, 2.05) is 41.3 Å². The minimum absolute atomic E-state index is 0.110. The van der Waals surface area contributed by atoms with Crippen LogP contribution in [-0.4, -0.2) is 61.6 Å². The van der Waals surface area contributed by atoms with E-state index >= 15 is 0 Å². The number of ether oxygens (including phenoxy) is 2. The predicted octanol–water partition coefficient (Wildman–Crippen LogP) is 4.25. The van der Waals surface area contributed by atoms with Crippen LogP contribution >= 0.6 is 0 Å². The Bertz CT molecular complexity index is 1140. The molecule has 5 rings (SSSR count). The number of hydrogen-bond donors (Lipinski definition) is 1. The number of amidine groups is 1. The van der Waals surface area contributed by atoms with Gasteiger partial charge in [0.05, 0.1) is 38.1 Å². The minimum Gasteiger partial charge on any atom is -0.497 e. The van der Waals surface area contributed by atoms with Gasteiger partial charge in [-0.1, -0.05) is 37.5 Å². The van der Waals surface area contributed by atoms with Crippen molar-refractivity contribution < 1.29 is 19.1 Å². The highest BCUT2D eigenvalue weighted by Gasteiger charge is 2.56. The van der Waals surface area contributed by atoms with Gasteiger partial charge >= 0.3 is 6.03 Å². The second-order valence-electron chi connectivity index (χ2n) is 9.45. The molecule has 2 heterocycles. The van der Waals surface area contributed by atoms with Crippen molar-refractivity contribution in [1.82, 2.24) is 10.2 Å². The molecule has 8 nitrogen and oxygen atoms in total. The van der Waals surface area contributed by atoms with Crippen LogP contribution in [-0.2, 0) is 0 Å². The summed E-state index contributed by atoms with van der Waals surface area (Å²) in [5.74, 6) is 1.77. The van der Waals surface area contributed by atoms with Crippen LogP contribution in [0.2, 0.25) is 0 Å². The molecule has 2 aromatic rings. The highest BCUT2D eigenvalue weighted by molar-refractivity contribution is 6.19. The fraction of sp³-hybridized carbons (Fsp3) is 0.444. The SMILES string of the molecule is COc1cccc(N2C(=O)NC(=NC3CCCCC3)C23CCN(C(=O)c2ccccc2OC)C3)c1. The Labute approximate surface area is 205 Å². The van der Waals surface area contributed by atoms with Crippen molar-refractivity contribution in [2.24, 2.45) is 4.99 Å². The topological polar surface area (TPSA) is 83.5 Å². The maximum absolute atomic E-state index is 13.6. The number of urea groups is 1. The molecule has 184 valence electrons. The number of nitrogens with one attached hydrogen (secondary N) is 1. The Kier molecular flexibility index (Phi) is 6.36. The molecule has 0 radical (unpaired) electrons. The zero-order valence-electron chi connectivity index (χ0n) is 20.3. The van der Waals surface area contributed by atoms with Gasteiger partial charge in [0.2, 0.25) is 0 Å². The molecule has 3 amide bonds. The van der Waals surface area contributed by atoms with Crippen molar-refractivity contribution in [3.05, 3.63) is 54.1 Å². The van der Waals surface area contributed by atoms with Crippen molar-refractivity contribution in [2.75, 3.05) is 32.2 Å². The summed E-state index contributed by atoms with van der Waals surface area (Å²) in [4.78, 5) is 35.6. The van der Waals surface area contributed by atoms with Crippen molar-refractivity contribution in [3.8, 4) is 11.5 Å². The molecule has 1 N–H and O–H groups in total. The number of carbonyl (C=O) groups is 2. The highest BCUT2D eigenvalue weighted by Crippen LogP contribution is 2.39.